The topological polar surface area (TPSA) is 78.8 Å². The Hall–Kier alpha value is -2.07. The van der Waals surface area contributed by atoms with Gasteiger partial charge in [-0.3, -0.25) is 4.79 Å². The standard InChI is InChI=1S/C21H28ClN5O2.HI/c1-27(2)20(28)15-26-21(24-13-11-17-6-9-19(22)25-14-17)23-12-10-16-4-7-18(29-3)8-5-16;/h4-9,14H,10-13,15H2,1-3H3,(H2,23,24,26);1H. The number of methoxy groups -OCH3 is 1. The Morgan fingerprint density at radius 1 is 1.07 bits per heavy atom. The van der Waals surface area contributed by atoms with Crippen LogP contribution in [0.3, 0.4) is 0 Å². The molecule has 1 amide bonds. The predicted octanol–water partition coefficient (Wildman–Crippen LogP) is 2.77. The van der Waals surface area contributed by atoms with Crippen LogP contribution in [0.15, 0.2) is 47.6 Å². The minimum absolute atomic E-state index is 0. The summed E-state index contributed by atoms with van der Waals surface area (Å²) in [5, 5.41) is 7.03. The number of halogens is 2. The van der Waals surface area contributed by atoms with E-state index in [1.54, 1.807) is 33.5 Å². The van der Waals surface area contributed by atoms with Gasteiger partial charge >= 0.3 is 0 Å². The normalized spacial score (nSPS) is 10.7. The Morgan fingerprint density at radius 3 is 2.20 bits per heavy atom. The van der Waals surface area contributed by atoms with Gasteiger partial charge in [-0.1, -0.05) is 29.8 Å². The Balaban J connectivity index is 0.00000450. The van der Waals surface area contributed by atoms with E-state index in [-0.39, 0.29) is 36.4 Å². The van der Waals surface area contributed by atoms with Gasteiger partial charge in [0.25, 0.3) is 0 Å². The van der Waals surface area contributed by atoms with E-state index < -0.39 is 0 Å². The number of hydrogen-bond acceptors (Lipinski definition) is 4. The molecule has 0 aliphatic carbocycles. The Labute approximate surface area is 200 Å². The summed E-state index contributed by atoms with van der Waals surface area (Å²) in [5.74, 6) is 1.39. The van der Waals surface area contributed by atoms with Crippen LogP contribution in [0.4, 0.5) is 0 Å². The highest BCUT2D eigenvalue weighted by Crippen LogP contribution is 2.11. The van der Waals surface area contributed by atoms with Gasteiger partial charge in [0.05, 0.1) is 7.11 Å². The molecular formula is C21H29ClIN5O2. The van der Waals surface area contributed by atoms with Gasteiger partial charge in [-0.15, -0.1) is 24.0 Å². The second-order valence-corrected chi connectivity index (χ2v) is 7.03. The van der Waals surface area contributed by atoms with Crippen molar-refractivity contribution >= 4 is 47.4 Å². The van der Waals surface area contributed by atoms with Gasteiger partial charge in [-0.05, 0) is 42.2 Å². The zero-order chi connectivity index (χ0) is 21.1. The molecule has 1 aromatic heterocycles. The first-order chi connectivity index (χ1) is 14.0. The molecule has 0 spiro atoms. The maximum absolute atomic E-state index is 11.9. The Bertz CT molecular complexity index is 798. The number of aliphatic imine (C=N–C) groups is 1. The summed E-state index contributed by atoms with van der Waals surface area (Å²) in [7, 11) is 5.09. The SMILES string of the molecule is COc1ccc(CCNC(=NCC(=O)N(C)C)NCCc2ccc(Cl)nc2)cc1.I. The number of amides is 1. The highest BCUT2D eigenvalue weighted by Gasteiger charge is 2.05. The molecule has 2 N–H and O–H groups in total. The quantitative estimate of drug-likeness (QED) is 0.219. The molecule has 2 rings (SSSR count). The van der Waals surface area contributed by atoms with Crippen molar-refractivity contribution in [3.63, 3.8) is 0 Å². The van der Waals surface area contributed by atoms with E-state index in [4.69, 9.17) is 16.3 Å². The predicted molar refractivity (Wildman–Crippen MR) is 132 cm³/mol. The van der Waals surface area contributed by atoms with Crippen LogP contribution in [0.2, 0.25) is 5.15 Å². The van der Waals surface area contributed by atoms with Crippen LogP contribution in [0.1, 0.15) is 11.1 Å². The third-order valence-electron chi connectivity index (χ3n) is 4.23. The second-order valence-electron chi connectivity index (χ2n) is 6.64. The van der Waals surface area contributed by atoms with Crippen molar-refractivity contribution in [1.82, 2.24) is 20.5 Å². The molecule has 164 valence electrons. The van der Waals surface area contributed by atoms with E-state index in [2.05, 4.69) is 20.6 Å². The van der Waals surface area contributed by atoms with Gasteiger partial charge < -0.3 is 20.3 Å². The summed E-state index contributed by atoms with van der Waals surface area (Å²) < 4.78 is 5.18. The van der Waals surface area contributed by atoms with E-state index in [1.165, 1.54) is 10.5 Å². The van der Waals surface area contributed by atoms with Gasteiger partial charge in [0.1, 0.15) is 17.4 Å². The number of pyridine rings is 1. The van der Waals surface area contributed by atoms with Gasteiger partial charge in [0.15, 0.2) is 5.96 Å². The fraction of sp³-hybridized carbons (Fsp3) is 0.381. The zero-order valence-corrected chi connectivity index (χ0v) is 20.6. The van der Waals surface area contributed by atoms with E-state index >= 15 is 0 Å². The smallest absolute Gasteiger partial charge is 0.243 e. The van der Waals surface area contributed by atoms with Crippen molar-refractivity contribution in [3.05, 3.63) is 58.9 Å². The number of aromatic nitrogens is 1. The molecule has 0 saturated heterocycles. The third-order valence-corrected chi connectivity index (χ3v) is 4.45. The first kappa shape index (κ1) is 26.0. The van der Waals surface area contributed by atoms with E-state index in [0.717, 1.165) is 24.2 Å². The number of nitrogens with one attached hydrogen (secondary N) is 2. The molecule has 0 aliphatic heterocycles. The Morgan fingerprint density at radius 2 is 1.67 bits per heavy atom. The molecule has 0 unspecified atom stereocenters. The highest BCUT2D eigenvalue weighted by molar-refractivity contribution is 14.0. The minimum Gasteiger partial charge on any atom is -0.497 e. The Kier molecular flexibility index (Phi) is 12.1. The van der Waals surface area contributed by atoms with Crippen LogP contribution in [0.25, 0.3) is 0 Å². The summed E-state index contributed by atoms with van der Waals surface area (Å²) >= 11 is 5.82. The van der Waals surface area contributed by atoms with Crippen molar-refractivity contribution in [2.24, 2.45) is 4.99 Å². The first-order valence-corrected chi connectivity index (χ1v) is 9.81. The summed E-state index contributed by atoms with van der Waals surface area (Å²) in [6, 6.07) is 11.7. The average Bonchev–Trinajstić information content (AvgIpc) is 2.73. The maximum Gasteiger partial charge on any atom is 0.243 e. The van der Waals surface area contributed by atoms with Crippen molar-refractivity contribution in [1.29, 1.82) is 0 Å². The molecule has 0 atom stereocenters. The number of guanidine groups is 1. The highest BCUT2D eigenvalue weighted by atomic mass is 127. The molecule has 0 radical (unpaired) electrons. The molecule has 30 heavy (non-hydrogen) atoms. The van der Waals surface area contributed by atoms with Crippen LogP contribution in [0.5, 0.6) is 5.75 Å². The minimum atomic E-state index is -0.0526. The molecule has 2 aromatic rings. The van der Waals surface area contributed by atoms with Crippen LogP contribution in [-0.2, 0) is 17.6 Å². The number of ether oxygens (including phenoxy) is 1. The lowest BCUT2D eigenvalue weighted by molar-refractivity contribution is -0.127. The summed E-state index contributed by atoms with van der Waals surface area (Å²) in [4.78, 5) is 21.9. The van der Waals surface area contributed by atoms with Gasteiger partial charge in [-0.25, -0.2) is 9.98 Å². The van der Waals surface area contributed by atoms with Crippen molar-refractivity contribution in [3.8, 4) is 5.75 Å². The van der Waals surface area contributed by atoms with Crippen LogP contribution < -0.4 is 15.4 Å². The summed E-state index contributed by atoms with van der Waals surface area (Å²) in [6.45, 7) is 1.44. The third kappa shape index (κ3) is 9.62. The lowest BCUT2D eigenvalue weighted by atomic mass is 10.1. The van der Waals surface area contributed by atoms with E-state index in [0.29, 0.717) is 24.2 Å². The molecule has 9 heteroatoms. The van der Waals surface area contributed by atoms with Gasteiger partial charge in [0, 0.05) is 33.4 Å². The van der Waals surface area contributed by atoms with Crippen LogP contribution >= 0.6 is 35.6 Å². The number of carbonyl (C=O) groups is 1. The number of benzene rings is 1. The molecule has 1 aromatic carbocycles. The molecule has 0 bridgehead atoms. The number of hydrogen-bond donors (Lipinski definition) is 2. The summed E-state index contributed by atoms with van der Waals surface area (Å²) in [5.41, 5.74) is 2.26. The largest absolute Gasteiger partial charge is 0.497 e. The maximum atomic E-state index is 11.9. The molecule has 0 saturated carbocycles. The lowest BCUT2D eigenvalue weighted by Gasteiger charge is -2.14. The number of likely N-dealkylation sites (N-methyl/N-ethyl adjacent to an activating group) is 1. The molecule has 0 fully saturated rings. The van der Waals surface area contributed by atoms with E-state index in [1.807, 2.05) is 30.3 Å². The van der Waals surface area contributed by atoms with Gasteiger partial charge in [0.2, 0.25) is 5.91 Å². The first-order valence-electron chi connectivity index (χ1n) is 9.43. The average molecular weight is 546 g/mol. The number of carbonyl (C=O) groups excluding carboxylic acids is 1. The molecule has 1 heterocycles. The number of rotatable bonds is 9. The lowest BCUT2D eigenvalue weighted by Crippen LogP contribution is -2.40. The molecular weight excluding hydrogens is 517 g/mol. The second kappa shape index (κ2) is 14.0. The van der Waals surface area contributed by atoms with E-state index in [9.17, 15) is 4.79 Å². The monoisotopic (exact) mass is 545 g/mol. The fourth-order valence-corrected chi connectivity index (χ4v) is 2.57. The van der Waals surface area contributed by atoms with Crippen molar-refractivity contribution in [2.75, 3.05) is 40.8 Å². The molecule has 7 nitrogen and oxygen atoms in total. The van der Waals surface area contributed by atoms with Gasteiger partial charge in [-0.2, -0.15) is 0 Å². The van der Waals surface area contributed by atoms with Crippen molar-refractivity contribution in [2.45, 2.75) is 12.8 Å². The summed E-state index contributed by atoms with van der Waals surface area (Å²) in [6.07, 6.45) is 3.35. The van der Waals surface area contributed by atoms with Crippen molar-refractivity contribution < 1.29 is 9.53 Å². The fourth-order valence-electron chi connectivity index (χ4n) is 2.46. The van der Waals surface area contributed by atoms with Crippen LogP contribution in [0, 0.1) is 0 Å². The van der Waals surface area contributed by atoms with Crippen LogP contribution in [-0.4, -0.2) is 62.6 Å². The zero-order valence-electron chi connectivity index (χ0n) is 17.5. The number of nitrogens with zero attached hydrogens (tertiary/aromatic N) is 3. The molecule has 0 aliphatic rings.